The van der Waals surface area contributed by atoms with Crippen molar-refractivity contribution in [3.63, 3.8) is 0 Å². The number of amides is 1. The van der Waals surface area contributed by atoms with E-state index in [2.05, 4.69) is 43.4 Å². The Bertz CT molecular complexity index is 637. The lowest BCUT2D eigenvalue weighted by Gasteiger charge is -2.15. The number of hydrogen-bond acceptors (Lipinski definition) is 4. The Morgan fingerprint density at radius 2 is 1.87 bits per heavy atom. The van der Waals surface area contributed by atoms with Crippen LogP contribution in [0, 0.1) is 0 Å². The molecule has 0 aliphatic heterocycles. The fraction of sp³-hybridized carbons (Fsp3) is 0.667. The van der Waals surface area contributed by atoms with Gasteiger partial charge in [-0.25, -0.2) is 4.98 Å². The Balaban J connectivity index is 1.86. The summed E-state index contributed by atoms with van der Waals surface area (Å²) in [7, 11) is 0. The van der Waals surface area contributed by atoms with Crippen molar-refractivity contribution < 1.29 is 4.79 Å². The predicted octanol–water partition coefficient (Wildman–Crippen LogP) is 5.75. The van der Waals surface area contributed by atoms with Crippen molar-refractivity contribution in [1.82, 2.24) is 10.3 Å². The maximum Gasteiger partial charge on any atom is 0.280 e. The molecule has 128 valence electrons. The van der Waals surface area contributed by atoms with E-state index >= 15 is 0 Å². The summed E-state index contributed by atoms with van der Waals surface area (Å²) in [6.07, 6.45) is 7.42. The van der Waals surface area contributed by atoms with E-state index in [1.54, 1.807) is 11.3 Å². The summed E-state index contributed by atoms with van der Waals surface area (Å²) >= 11 is 3.25. The first kappa shape index (κ1) is 18.4. The molecule has 1 amide bonds. The molecule has 0 fully saturated rings. The number of thiophene rings is 1. The Morgan fingerprint density at radius 3 is 2.57 bits per heavy atom. The fourth-order valence-corrected chi connectivity index (χ4v) is 4.67. The van der Waals surface area contributed by atoms with E-state index in [1.165, 1.54) is 48.3 Å². The maximum atomic E-state index is 12.2. The third-order valence-corrected chi connectivity index (χ3v) is 6.39. The minimum atomic E-state index is -0.0235. The molecule has 3 nitrogen and oxygen atoms in total. The van der Waals surface area contributed by atoms with Crippen molar-refractivity contribution in [2.24, 2.45) is 0 Å². The number of carbonyl (C=O) groups excluding carboxylic acids is 1. The Hall–Kier alpha value is -0.940. The summed E-state index contributed by atoms with van der Waals surface area (Å²) in [5.74, 6) is -0.0235. The smallest absolute Gasteiger partial charge is 0.280 e. The Labute approximate surface area is 147 Å². The highest BCUT2D eigenvalue weighted by atomic mass is 32.1. The van der Waals surface area contributed by atoms with E-state index in [4.69, 9.17) is 0 Å². The quantitative estimate of drug-likeness (QED) is 0.615. The van der Waals surface area contributed by atoms with E-state index in [-0.39, 0.29) is 11.3 Å². The van der Waals surface area contributed by atoms with Gasteiger partial charge in [0.25, 0.3) is 5.91 Å². The first-order chi connectivity index (χ1) is 10.9. The normalized spacial score (nSPS) is 12.0. The molecule has 5 heteroatoms. The van der Waals surface area contributed by atoms with Gasteiger partial charge in [-0.15, -0.1) is 22.7 Å². The van der Waals surface area contributed by atoms with Gasteiger partial charge in [0.05, 0.1) is 10.2 Å². The third-order valence-electron chi connectivity index (χ3n) is 3.84. The monoisotopic (exact) mass is 352 g/mol. The largest absolute Gasteiger partial charge is 0.350 e. The fourth-order valence-electron chi connectivity index (χ4n) is 2.55. The number of thiazole rings is 1. The summed E-state index contributed by atoms with van der Waals surface area (Å²) < 4.78 is 1.13. The maximum absolute atomic E-state index is 12.2. The van der Waals surface area contributed by atoms with E-state index < -0.39 is 0 Å². The van der Waals surface area contributed by atoms with Crippen LogP contribution < -0.4 is 5.32 Å². The molecular weight excluding hydrogens is 324 g/mol. The van der Waals surface area contributed by atoms with Gasteiger partial charge >= 0.3 is 0 Å². The number of carbonyl (C=O) groups is 1. The van der Waals surface area contributed by atoms with Gasteiger partial charge in [0.1, 0.15) is 0 Å². The minimum absolute atomic E-state index is 0.0235. The summed E-state index contributed by atoms with van der Waals surface area (Å²) in [6, 6.07) is 0. The highest BCUT2D eigenvalue weighted by Crippen LogP contribution is 2.37. The van der Waals surface area contributed by atoms with Crippen molar-refractivity contribution in [3.8, 4) is 0 Å². The molecule has 2 rings (SSSR count). The molecule has 2 aromatic heterocycles. The van der Waals surface area contributed by atoms with Crippen LogP contribution in [-0.2, 0) is 5.41 Å². The second-order valence-electron chi connectivity index (χ2n) is 7.07. The molecule has 2 aromatic rings. The number of hydrogen-bond donors (Lipinski definition) is 1. The number of nitrogens with one attached hydrogen (secondary N) is 1. The van der Waals surface area contributed by atoms with Gasteiger partial charge in [-0.1, -0.05) is 59.8 Å². The highest BCUT2D eigenvalue weighted by Gasteiger charge is 2.23. The summed E-state index contributed by atoms with van der Waals surface area (Å²) in [6.45, 7) is 9.55. The molecule has 0 unspecified atom stereocenters. The second kappa shape index (κ2) is 8.25. The molecule has 23 heavy (non-hydrogen) atoms. The van der Waals surface area contributed by atoms with Crippen molar-refractivity contribution >= 4 is 38.8 Å². The zero-order chi connectivity index (χ0) is 16.9. The van der Waals surface area contributed by atoms with Crippen molar-refractivity contribution in [1.29, 1.82) is 0 Å². The van der Waals surface area contributed by atoms with Crippen LogP contribution in [0.2, 0.25) is 0 Å². The average Bonchev–Trinajstić information content (AvgIpc) is 3.04. The lowest BCUT2D eigenvalue weighted by Crippen LogP contribution is -2.24. The molecule has 0 aromatic carbocycles. The summed E-state index contributed by atoms with van der Waals surface area (Å²) in [5, 5.41) is 5.73. The number of rotatable bonds is 8. The van der Waals surface area contributed by atoms with Crippen LogP contribution in [0.1, 0.15) is 80.9 Å². The van der Waals surface area contributed by atoms with E-state index in [1.807, 2.05) is 0 Å². The SMILES string of the molecule is CCCCCCCCNC(=O)c1nc2c(C(C)(C)C)scc2s1. The van der Waals surface area contributed by atoms with Crippen LogP contribution >= 0.6 is 22.7 Å². The first-order valence-electron chi connectivity index (χ1n) is 8.60. The standard InChI is InChI=1S/C18H28N2OS2/c1-5-6-7-8-9-10-11-19-16(21)17-20-14-13(23-17)12-22-15(14)18(2,3)4/h12H,5-11H2,1-4H3,(H,19,21). The lowest BCUT2D eigenvalue weighted by molar-refractivity contribution is 0.0952. The molecule has 0 bridgehead atoms. The van der Waals surface area contributed by atoms with E-state index in [0.29, 0.717) is 5.01 Å². The van der Waals surface area contributed by atoms with E-state index in [9.17, 15) is 4.79 Å². The molecule has 1 N–H and O–H groups in total. The zero-order valence-corrected chi connectivity index (χ0v) is 16.3. The van der Waals surface area contributed by atoms with Crippen LogP contribution in [0.5, 0.6) is 0 Å². The second-order valence-corrected chi connectivity index (χ2v) is 8.98. The van der Waals surface area contributed by atoms with Gasteiger partial charge in [0.15, 0.2) is 5.01 Å². The van der Waals surface area contributed by atoms with Gasteiger partial charge in [0.2, 0.25) is 0 Å². The number of nitrogens with zero attached hydrogens (tertiary/aromatic N) is 1. The molecule has 0 atom stereocenters. The number of unbranched alkanes of at least 4 members (excludes halogenated alkanes) is 5. The van der Waals surface area contributed by atoms with Crippen LogP contribution in [-0.4, -0.2) is 17.4 Å². The topological polar surface area (TPSA) is 42.0 Å². The van der Waals surface area contributed by atoms with Crippen LogP contribution in [0.15, 0.2) is 5.38 Å². The molecule has 0 spiro atoms. The van der Waals surface area contributed by atoms with Crippen molar-refractivity contribution in [2.45, 2.75) is 71.6 Å². The van der Waals surface area contributed by atoms with Gasteiger partial charge in [0, 0.05) is 16.8 Å². The molecule has 0 aliphatic rings. The Morgan fingerprint density at radius 1 is 1.17 bits per heavy atom. The molecule has 0 saturated heterocycles. The van der Waals surface area contributed by atoms with Gasteiger partial charge in [-0.2, -0.15) is 0 Å². The summed E-state index contributed by atoms with van der Waals surface area (Å²) in [4.78, 5) is 18.1. The van der Waals surface area contributed by atoms with Crippen LogP contribution in [0.3, 0.4) is 0 Å². The molecular formula is C18H28N2OS2. The molecule has 0 radical (unpaired) electrons. The minimum Gasteiger partial charge on any atom is -0.350 e. The van der Waals surface area contributed by atoms with Crippen LogP contribution in [0.25, 0.3) is 10.2 Å². The zero-order valence-electron chi connectivity index (χ0n) is 14.7. The molecule has 2 heterocycles. The van der Waals surface area contributed by atoms with Gasteiger partial charge in [-0.05, 0) is 11.8 Å². The van der Waals surface area contributed by atoms with Crippen molar-refractivity contribution in [3.05, 3.63) is 15.3 Å². The first-order valence-corrected chi connectivity index (χ1v) is 10.3. The van der Waals surface area contributed by atoms with Gasteiger partial charge in [-0.3, -0.25) is 4.79 Å². The van der Waals surface area contributed by atoms with Crippen molar-refractivity contribution in [2.75, 3.05) is 6.54 Å². The lowest BCUT2D eigenvalue weighted by atomic mass is 9.94. The average molecular weight is 353 g/mol. The summed E-state index contributed by atoms with van der Waals surface area (Å²) in [5.41, 5.74) is 1.09. The molecule has 0 aliphatic carbocycles. The number of aromatic nitrogens is 1. The van der Waals surface area contributed by atoms with E-state index in [0.717, 1.165) is 23.2 Å². The Kier molecular flexibility index (Phi) is 6.60. The molecule has 0 saturated carbocycles. The highest BCUT2D eigenvalue weighted by molar-refractivity contribution is 7.24. The number of fused-ring (bicyclic) bond motifs is 1. The van der Waals surface area contributed by atoms with Crippen LogP contribution in [0.4, 0.5) is 0 Å². The third kappa shape index (κ3) is 5.01. The van der Waals surface area contributed by atoms with Gasteiger partial charge < -0.3 is 5.32 Å². The predicted molar refractivity (Wildman–Crippen MR) is 102 cm³/mol.